The summed E-state index contributed by atoms with van der Waals surface area (Å²) >= 11 is 0. The number of halogens is 3. The van der Waals surface area contributed by atoms with Crippen LogP contribution in [0.1, 0.15) is 11.1 Å². The molecule has 0 aliphatic carbocycles. The zero-order valence-electron chi connectivity index (χ0n) is 13.5. The number of nitrogens with one attached hydrogen (secondary N) is 2. The number of rotatable bonds is 4. The highest BCUT2D eigenvalue weighted by Gasteiger charge is 2.31. The predicted molar refractivity (Wildman–Crippen MR) is 89.7 cm³/mol. The summed E-state index contributed by atoms with van der Waals surface area (Å²) in [6, 6.07) is 6.28. The molecular weight excluding hydrogens is 389 g/mol. The molecule has 8 nitrogen and oxygen atoms in total. The second-order valence-corrected chi connectivity index (χ2v) is 7.23. The van der Waals surface area contributed by atoms with E-state index < -0.39 is 26.7 Å². The Bertz CT molecular complexity index is 1160. The van der Waals surface area contributed by atoms with Crippen molar-refractivity contribution in [3.05, 3.63) is 57.6 Å². The van der Waals surface area contributed by atoms with Gasteiger partial charge in [-0.05, 0) is 31.2 Å². The van der Waals surface area contributed by atoms with Gasteiger partial charge in [-0.25, -0.2) is 18.1 Å². The van der Waals surface area contributed by atoms with E-state index >= 15 is 0 Å². The zero-order valence-corrected chi connectivity index (χ0v) is 14.4. The molecule has 27 heavy (non-hydrogen) atoms. The van der Waals surface area contributed by atoms with Crippen LogP contribution >= 0.6 is 0 Å². The van der Waals surface area contributed by atoms with Gasteiger partial charge in [0.15, 0.2) is 0 Å². The van der Waals surface area contributed by atoms with Crippen molar-refractivity contribution in [1.82, 2.24) is 9.97 Å². The summed E-state index contributed by atoms with van der Waals surface area (Å²) in [5.74, 6) is -0.310. The number of nitro benzene ring substituents is 1. The van der Waals surface area contributed by atoms with Crippen LogP contribution in [0.5, 0.6) is 0 Å². The van der Waals surface area contributed by atoms with E-state index in [1.54, 1.807) is 0 Å². The van der Waals surface area contributed by atoms with Crippen LogP contribution in [0.15, 0.2) is 41.3 Å². The monoisotopic (exact) mass is 400 g/mol. The standard InChI is InChI=1S/C15H11F3N4O4S/c1-8-12(22(23)24)3-2-4-13(8)27(25,26)21-14-19-10-6-5-9(15(16,17)18)7-11(10)20-14/h2-7H,1H3,(H2,19,20,21). The second-order valence-electron chi connectivity index (χ2n) is 5.58. The number of alkyl halides is 3. The number of nitrogens with zero attached hydrogens (tertiary/aromatic N) is 2. The highest BCUT2D eigenvalue weighted by Crippen LogP contribution is 2.31. The third-order valence-electron chi connectivity index (χ3n) is 3.78. The third kappa shape index (κ3) is 3.56. The molecule has 0 unspecified atom stereocenters. The number of fused-ring (bicyclic) bond motifs is 1. The minimum atomic E-state index is -4.56. The van der Waals surface area contributed by atoms with Gasteiger partial charge in [0.05, 0.1) is 26.4 Å². The highest BCUT2D eigenvalue weighted by molar-refractivity contribution is 7.92. The molecular formula is C15H11F3N4O4S. The fourth-order valence-corrected chi connectivity index (χ4v) is 3.73. The Hall–Kier alpha value is -3.15. The van der Waals surface area contributed by atoms with Gasteiger partial charge in [0, 0.05) is 11.6 Å². The van der Waals surface area contributed by atoms with Crippen LogP contribution in [0.2, 0.25) is 0 Å². The SMILES string of the molecule is Cc1c([N+](=O)[O-])cccc1S(=O)(=O)Nc1nc2ccc(C(F)(F)F)cc2[nH]1. The van der Waals surface area contributed by atoms with Crippen molar-refractivity contribution in [2.45, 2.75) is 18.0 Å². The van der Waals surface area contributed by atoms with Crippen LogP contribution in [0, 0.1) is 17.0 Å². The summed E-state index contributed by atoms with van der Waals surface area (Å²) in [6.07, 6.45) is -4.56. The normalized spacial score (nSPS) is 12.3. The van der Waals surface area contributed by atoms with E-state index in [2.05, 4.69) is 14.7 Å². The Kier molecular flexibility index (Phi) is 4.30. The van der Waals surface area contributed by atoms with Gasteiger partial charge < -0.3 is 4.98 Å². The average Bonchev–Trinajstić information content (AvgIpc) is 2.94. The first-order valence-electron chi connectivity index (χ1n) is 7.33. The van der Waals surface area contributed by atoms with E-state index in [9.17, 15) is 31.7 Å². The van der Waals surface area contributed by atoms with Gasteiger partial charge in [0.2, 0.25) is 5.95 Å². The first kappa shape index (κ1) is 18.6. The van der Waals surface area contributed by atoms with E-state index in [4.69, 9.17) is 0 Å². The van der Waals surface area contributed by atoms with Crippen molar-refractivity contribution in [1.29, 1.82) is 0 Å². The fraction of sp³-hybridized carbons (Fsp3) is 0.133. The molecule has 0 saturated carbocycles. The van der Waals surface area contributed by atoms with E-state index in [-0.39, 0.29) is 33.1 Å². The largest absolute Gasteiger partial charge is 0.416 e. The van der Waals surface area contributed by atoms with Gasteiger partial charge in [-0.3, -0.25) is 10.1 Å². The minimum absolute atomic E-state index is 0.0155. The molecule has 1 aromatic heterocycles. The van der Waals surface area contributed by atoms with E-state index in [0.717, 1.165) is 24.3 Å². The maximum Gasteiger partial charge on any atom is 0.416 e. The zero-order chi connectivity index (χ0) is 20.0. The molecule has 0 bridgehead atoms. The van der Waals surface area contributed by atoms with Crippen LogP contribution in [0.3, 0.4) is 0 Å². The molecule has 2 aromatic carbocycles. The minimum Gasteiger partial charge on any atom is -0.323 e. The van der Waals surface area contributed by atoms with Gasteiger partial charge in [-0.15, -0.1) is 0 Å². The molecule has 12 heteroatoms. The van der Waals surface area contributed by atoms with Crippen molar-refractivity contribution >= 4 is 32.7 Å². The molecule has 0 aliphatic rings. The molecule has 2 N–H and O–H groups in total. The lowest BCUT2D eigenvalue weighted by Gasteiger charge is -2.08. The number of hydrogen-bond acceptors (Lipinski definition) is 5. The smallest absolute Gasteiger partial charge is 0.323 e. The number of imidazole rings is 1. The number of hydrogen-bond donors (Lipinski definition) is 2. The summed E-state index contributed by atoms with van der Waals surface area (Å²) in [5.41, 5.74) is -1.26. The summed E-state index contributed by atoms with van der Waals surface area (Å²) in [7, 11) is -4.26. The van der Waals surface area contributed by atoms with E-state index in [1.165, 1.54) is 19.1 Å². The van der Waals surface area contributed by atoms with Gasteiger partial charge in [0.1, 0.15) is 0 Å². The number of benzene rings is 2. The quantitative estimate of drug-likeness (QED) is 0.512. The number of aromatic nitrogens is 2. The van der Waals surface area contributed by atoms with Crippen LogP contribution in [0.4, 0.5) is 24.8 Å². The number of H-pyrrole nitrogens is 1. The van der Waals surface area contributed by atoms with Gasteiger partial charge in [0.25, 0.3) is 15.7 Å². The number of nitro groups is 1. The summed E-state index contributed by atoms with van der Waals surface area (Å²) in [5, 5.41) is 11.0. The molecule has 0 spiro atoms. The van der Waals surface area contributed by atoms with Crippen molar-refractivity contribution in [2.75, 3.05) is 4.72 Å². The Morgan fingerprint density at radius 2 is 1.93 bits per heavy atom. The molecule has 0 aliphatic heterocycles. The van der Waals surface area contributed by atoms with Crippen LogP contribution in [-0.4, -0.2) is 23.3 Å². The maximum atomic E-state index is 12.8. The van der Waals surface area contributed by atoms with Crippen LogP contribution < -0.4 is 4.72 Å². The Balaban J connectivity index is 1.99. The molecule has 142 valence electrons. The molecule has 0 atom stereocenters. The molecule has 3 aromatic rings. The van der Waals surface area contributed by atoms with Crippen molar-refractivity contribution in [3.8, 4) is 0 Å². The lowest BCUT2D eigenvalue weighted by Crippen LogP contribution is -2.15. The molecule has 0 amide bonds. The second kappa shape index (κ2) is 6.23. The summed E-state index contributed by atoms with van der Waals surface area (Å²) in [4.78, 5) is 16.3. The van der Waals surface area contributed by atoms with Crippen molar-refractivity contribution in [2.24, 2.45) is 0 Å². The van der Waals surface area contributed by atoms with Gasteiger partial charge in [-0.1, -0.05) is 6.07 Å². The van der Waals surface area contributed by atoms with Crippen LogP contribution in [0.25, 0.3) is 11.0 Å². The van der Waals surface area contributed by atoms with E-state index in [1.807, 2.05) is 0 Å². The maximum absolute atomic E-state index is 12.8. The molecule has 0 radical (unpaired) electrons. The molecule has 3 rings (SSSR count). The highest BCUT2D eigenvalue weighted by atomic mass is 32.2. The van der Waals surface area contributed by atoms with Gasteiger partial charge >= 0.3 is 6.18 Å². The van der Waals surface area contributed by atoms with E-state index in [0.29, 0.717) is 0 Å². The lowest BCUT2D eigenvalue weighted by atomic mass is 10.2. The lowest BCUT2D eigenvalue weighted by molar-refractivity contribution is -0.385. The first-order chi connectivity index (χ1) is 12.5. The van der Waals surface area contributed by atoms with Crippen molar-refractivity contribution in [3.63, 3.8) is 0 Å². The number of sulfonamides is 1. The Labute approximate surface area is 150 Å². The number of aromatic amines is 1. The Morgan fingerprint density at radius 1 is 1.22 bits per heavy atom. The van der Waals surface area contributed by atoms with Crippen LogP contribution in [-0.2, 0) is 16.2 Å². The first-order valence-corrected chi connectivity index (χ1v) is 8.81. The molecule has 0 saturated heterocycles. The Morgan fingerprint density at radius 3 is 2.56 bits per heavy atom. The topological polar surface area (TPSA) is 118 Å². The average molecular weight is 400 g/mol. The molecule has 1 heterocycles. The van der Waals surface area contributed by atoms with Crippen molar-refractivity contribution < 1.29 is 26.5 Å². The summed E-state index contributed by atoms with van der Waals surface area (Å²) in [6.45, 7) is 1.28. The third-order valence-corrected chi connectivity index (χ3v) is 5.27. The fourth-order valence-electron chi connectivity index (χ4n) is 2.51. The van der Waals surface area contributed by atoms with Gasteiger partial charge in [-0.2, -0.15) is 13.2 Å². The molecule has 0 fully saturated rings. The predicted octanol–water partition coefficient (Wildman–Crippen LogP) is 3.60. The summed E-state index contributed by atoms with van der Waals surface area (Å²) < 4.78 is 65.4. The number of anilines is 1.